The second kappa shape index (κ2) is 7.33. The Hall–Kier alpha value is -2.61. The predicted octanol–water partition coefficient (Wildman–Crippen LogP) is 3.00. The zero-order valence-corrected chi connectivity index (χ0v) is 15.1. The van der Waals surface area contributed by atoms with Crippen LogP contribution in [0.4, 0.5) is 20.6 Å². The Morgan fingerprint density at radius 3 is 2.73 bits per heavy atom. The number of halogens is 1. The second-order valence-corrected chi connectivity index (χ2v) is 8.20. The van der Waals surface area contributed by atoms with E-state index in [1.54, 1.807) is 43.3 Å². The molecule has 0 aliphatic carbocycles. The van der Waals surface area contributed by atoms with E-state index in [1.165, 1.54) is 10.4 Å². The normalized spacial score (nSPS) is 15.7. The summed E-state index contributed by atoms with van der Waals surface area (Å²) in [6.07, 6.45) is 0.595. The van der Waals surface area contributed by atoms with Crippen LogP contribution in [0.1, 0.15) is 17.5 Å². The lowest BCUT2D eigenvalue weighted by atomic mass is 10.1. The SMILES string of the molecule is Cc1cc(CNC(=O)Nc2cccc(N3CCCS3(=O)=O)c2)ccc1F. The van der Waals surface area contributed by atoms with Gasteiger partial charge in [-0.1, -0.05) is 18.2 Å². The lowest BCUT2D eigenvalue weighted by Gasteiger charge is -2.18. The van der Waals surface area contributed by atoms with Crippen LogP contribution in [0, 0.1) is 12.7 Å². The molecule has 2 aromatic rings. The molecule has 6 nitrogen and oxygen atoms in total. The third-order valence-electron chi connectivity index (χ3n) is 4.17. The third kappa shape index (κ3) is 4.13. The minimum absolute atomic E-state index is 0.141. The van der Waals surface area contributed by atoms with Crippen LogP contribution in [0.15, 0.2) is 42.5 Å². The number of urea groups is 1. The molecule has 0 saturated carbocycles. The van der Waals surface area contributed by atoms with Crippen molar-refractivity contribution in [2.24, 2.45) is 0 Å². The van der Waals surface area contributed by atoms with Gasteiger partial charge in [0.1, 0.15) is 5.82 Å². The number of aryl methyl sites for hydroxylation is 1. The van der Waals surface area contributed by atoms with Crippen molar-refractivity contribution in [2.45, 2.75) is 19.9 Å². The van der Waals surface area contributed by atoms with Crippen LogP contribution in [0.25, 0.3) is 0 Å². The van der Waals surface area contributed by atoms with Crippen molar-refractivity contribution in [2.75, 3.05) is 21.9 Å². The van der Waals surface area contributed by atoms with Gasteiger partial charge in [0.15, 0.2) is 0 Å². The van der Waals surface area contributed by atoms with Crippen LogP contribution in [0.5, 0.6) is 0 Å². The van der Waals surface area contributed by atoms with Crippen LogP contribution in [0.3, 0.4) is 0 Å². The Kier molecular flexibility index (Phi) is 5.13. The van der Waals surface area contributed by atoms with Gasteiger partial charge < -0.3 is 10.6 Å². The maximum Gasteiger partial charge on any atom is 0.319 e. The summed E-state index contributed by atoms with van der Waals surface area (Å²) < 4.78 is 38.6. The van der Waals surface area contributed by atoms with Gasteiger partial charge in [0.2, 0.25) is 10.0 Å². The third-order valence-corrected chi connectivity index (χ3v) is 6.04. The fourth-order valence-corrected chi connectivity index (χ4v) is 4.40. The lowest BCUT2D eigenvalue weighted by molar-refractivity contribution is 0.251. The minimum atomic E-state index is -3.26. The summed E-state index contributed by atoms with van der Waals surface area (Å²) in [7, 11) is -3.26. The first-order chi connectivity index (χ1) is 12.3. The number of nitrogens with zero attached hydrogens (tertiary/aromatic N) is 1. The summed E-state index contributed by atoms with van der Waals surface area (Å²) >= 11 is 0. The Labute approximate surface area is 152 Å². The van der Waals surface area contributed by atoms with Gasteiger partial charge in [-0.2, -0.15) is 0 Å². The molecule has 1 aliphatic heterocycles. The van der Waals surface area contributed by atoms with Gasteiger partial charge in [-0.05, 0) is 48.7 Å². The van der Waals surface area contributed by atoms with Crippen LogP contribution in [0.2, 0.25) is 0 Å². The van der Waals surface area contributed by atoms with Crippen molar-refractivity contribution in [1.29, 1.82) is 0 Å². The van der Waals surface area contributed by atoms with Gasteiger partial charge >= 0.3 is 6.03 Å². The topological polar surface area (TPSA) is 78.5 Å². The van der Waals surface area contributed by atoms with Crippen molar-refractivity contribution in [3.8, 4) is 0 Å². The number of anilines is 2. The molecule has 1 fully saturated rings. The highest BCUT2D eigenvalue weighted by atomic mass is 32.2. The molecule has 0 aromatic heterocycles. The zero-order chi connectivity index (χ0) is 18.7. The quantitative estimate of drug-likeness (QED) is 0.860. The van der Waals surface area contributed by atoms with E-state index >= 15 is 0 Å². The molecule has 0 spiro atoms. The van der Waals surface area contributed by atoms with Gasteiger partial charge in [0.25, 0.3) is 0 Å². The van der Waals surface area contributed by atoms with Gasteiger partial charge in [-0.15, -0.1) is 0 Å². The van der Waals surface area contributed by atoms with Crippen molar-refractivity contribution >= 4 is 27.4 Å². The monoisotopic (exact) mass is 377 g/mol. The molecule has 0 unspecified atom stereocenters. The molecule has 2 amide bonds. The summed E-state index contributed by atoms with van der Waals surface area (Å²) in [5.41, 5.74) is 2.34. The molecule has 3 rings (SSSR count). The van der Waals surface area contributed by atoms with Crippen molar-refractivity contribution in [3.05, 3.63) is 59.4 Å². The molecule has 1 heterocycles. The average Bonchev–Trinajstić information content (AvgIpc) is 2.95. The molecule has 1 aliphatic rings. The van der Waals surface area contributed by atoms with E-state index in [1.807, 2.05) is 0 Å². The number of carbonyl (C=O) groups excluding carboxylic acids is 1. The smallest absolute Gasteiger partial charge is 0.319 e. The van der Waals surface area contributed by atoms with Crippen LogP contribution in [-0.2, 0) is 16.6 Å². The molecule has 2 aromatic carbocycles. The van der Waals surface area contributed by atoms with Crippen LogP contribution >= 0.6 is 0 Å². The Morgan fingerprint density at radius 2 is 2.04 bits per heavy atom. The molecule has 0 atom stereocenters. The molecule has 0 radical (unpaired) electrons. The van der Waals surface area contributed by atoms with Crippen molar-refractivity contribution in [3.63, 3.8) is 0 Å². The second-order valence-electron chi connectivity index (χ2n) is 6.18. The predicted molar refractivity (Wildman–Crippen MR) is 99.2 cm³/mol. The molecule has 8 heteroatoms. The number of hydrogen-bond donors (Lipinski definition) is 2. The van der Waals surface area contributed by atoms with Crippen LogP contribution in [-0.4, -0.2) is 26.7 Å². The molecule has 0 bridgehead atoms. The molecule has 138 valence electrons. The fraction of sp³-hybridized carbons (Fsp3) is 0.278. The summed E-state index contributed by atoms with van der Waals surface area (Å²) in [6.45, 7) is 2.37. The van der Waals surface area contributed by atoms with Crippen LogP contribution < -0.4 is 14.9 Å². The fourth-order valence-electron chi connectivity index (χ4n) is 2.84. The molecular formula is C18H20FN3O3S. The first-order valence-electron chi connectivity index (χ1n) is 8.25. The summed E-state index contributed by atoms with van der Waals surface area (Å²) in [5.74, 6) is -0.144. The highest BCUT2D eigenvalue weighted by Gasteiger charge is 2.28. The Bertz CT molecular complexity index is 931. The average molecular weight is 377 g/mol. The maximum atomic E-state index is 13.3. The largest absolute Gasteiger partial charge is 0.334 e. The maximum absolute atomic E-state index is 13.3. The zero-order valence-electron chi connectivity index (χ0n) is 14.3. The lowest BCUT2D eigenvalue weighted by Crippen LogP contribution is -2.28. The Morgan fingerprint density at radius 1 is 1.23 bits per heavy atom. The summed E-state index contributed by atoms with van der Waals surface area (Å²) in [4.78, 5) is 12.1. The molecule has 1 saturated heterocycles. The number of carbonyl (C=O) groups is 1. The number of benzene rings is 2. The van der Waals surface area contributed by atoms with E-state index in [4.69, 9.17) is 0 Å². The molecule has 26 heavy (non-hydrogen) atoms. The summed E-state index contributed by atoms with van der Waals surface area (Å²) in [6, 6.07) is 10.9. The molecular weight excluding hydrogens is 357 g/mol. The number of hydrogen-bond acceptors (Lipinski definition) is 3. The van der Waals surface area contributed by atoms with Gasteiger partial charge in [-0.25, -0.2) is 17.6 Å². The number of sulfonamides is 1. The summed E-state index contributed by atoms with van der Waals surface area (Å²) in [5, 5.41) is 5.38. The number of amides is 2. The minimum Gasteiger partial charge on any atom is -0.334 e. The number of rotatable bonds is 4. The van der Waals surface area contributed by atoms with E-state index < -0.39 is 16.1 Å². The highest BCUT2D eigenvalue weighted by Crippen LogP contribution is 2.26. The van der Waals surface area contributed by atoms with E-state index in [0.29, 0.717) is 29.9 Å². The van der Waals surface area contributed by atoms with Gasteiger partial charge in [0, 0.05) is 18.8 Å². The number of nitrogens with one attached hydrogen (secondary N) is 2. The standard InChI is InChI=1S/C18H20FN3O3S/c1-13-10-14(6-7-17(13)19)12-20-18(23)21-15-4-2-5-16(11-15)22-8-3-9-26(22,24)25/h2,4-7,10-11H,3,8-9,12H2,1H3,(H2,20,21,23). The van der Waals surface area contributed by atoms with Crippen molar-refractivity contribution in [1.82, 2.24) is 5.32 Å². The van der Waals surface area contributed by atoms with E-state index in [0.717, 1.165) is 5.56 Å². The van der Waals surface area contributed by atoms with Crippen molar-refractivity contribution < 1.29 is 17.6 Å². The van der Waals surface area contributed by atoms with Gasteiger partial charge in [0.05, 0.1) is 11.4 Å². The Balaban J connectivity index is 1.62. The van der Waals surface area contributed by atoms with E-state index in [-0.39, 0.29) is 18.1 Å². The first-order valence-corrected chi connectivity index (χ1v) is 9.86. The first kappa shape index (κ1) is 18.2. The van der Waals surface area contributed by atoms with E-state index in [2.05, 4.69) is 10.6 Å². The van der Waals surface area contributed by atoms with Gasteiger partial charge in [-0.3, -0.25) is 4.31 Å². The highest BCUT2D eigenvalue weighted by molar-refractivity contribution is 7.93. The molecule has 2 N–H and O–H groups in total. The van der Waals surface area contributed by atoms with E-state index in [9.17, 15) is 17.6 Å².